The SMILES string of the molecule is C/C=C1/CN2CC[C@]34C(=C(C=O)[C@H]1C[C@@H]23)Nc1c(O)cccc14. The van der Waals surface area contributed by atoms with Crippen molar-refractivity contribution in [2.45, 2.75) is 31.2 Å². The maximum Gasteiger partial charge on any atom is 0.148 e. The van der Waals surface area contributed by atoms with Crippen molar-refractivity contribution >= 4 is 12.0 Å². The number of phenols is 1. The smallest absolute Gasteiger partial charge is 0.148 e. The van der Waals surface area contributed by atoms with Crippen LogP contribution in [0.2, 0.25) is 0 Å². The third-order valence-corrected chi connectivity index (χ3v) is 6.48. The molecule has 5 rings (SSSR count). The molecule has 1 aromatic carbocycles. The standard InChI is InChI=1S/C19H20N2O2/c1-2-11-9-21-7-6-19-14-4-3-5-15(23)17(14)20-18(19)13(10-22)12(11)8-16(19)21/h2-5,10,12,16,20,23H,6-9H2,1H3/b11-2-/t12-,16+,19+/m0/s1. The third kappa shape index (κ3) is 1.39. The molecule has 2 fully saturated rings. The van der Waals surface area contributed by atoms with Gasteiger partial charge in [0.15, 0.2) is 0 Å². The number of carbonyl (C=O) groups excluding carboxylic acids is 1. The number of allylic oxidation sites excluding steroid dienone is 2. The highest BCUT2D eigenvalue weighted by Gasteiger charge is 2.61. The molecule has 2 saturated heterocycles. The van der Waals surface area contributed by atoms with Gasteiger partial charge in [0.05, 0.1) is 11.1 Å². The van der Waals surface area contributed by atoms with E-state index in [2.05, 4.69) is 29.3 Å². The van der Waals surface area contributed by atoms with Gasteiger partial charge in [-0.05, 0) is 31.4 Å². The van der Waals surface area contributed by atoms with Gasteiger partial charge in [0, 0.05) is 36.3 Å². The molecule has 0 aromatic heterocycles. The maximum atomic E-state index is 12.0. The lowest BCUT2D eigenvalue weighted by Crippen LogP contribution is -2.52. The van der Waals surface area contributed by atoms with Gasteiger partial charge in [-0.15, -0.1) is 0 Å². The first-order valence-electron chi connectivity index (χ1n) is 8.39. The number of hydrogen-bond acceptors (Lipinski definition) is 4. The van der Waals surface area contributed by atoms with Crippen LogP contribution in [0.15, 0.2) is 41.1 Å². The second-order valence-corrected chi connectivity index (χ2v) is 7.13. The predicted molar refractivity (Wildman–Crippen MR) is 88.3 cm³/mol. The summed E-state index contributed by atoms with van der Waals surface area (Å²) in [4.78, 5) is 14.5. The number of nitrogens with zero attached hydrogens (tertiary/aromatic N) is 1. The molecule has 0 amide bonds. The van der Waals surface area contributed by atoms with Gasteiger partial charge in [-0.3, -0.25) is 9.69 Å². The van der Waals surface area contributed by atoms with Crippen LogP contribution in [0.1, 0.15) is 25.3 Å². The maximum absolute atomic E-state index is 12.0. The molecule has 3 atom stereocenters. The summed E-state index contributed by atoms with van der Waals surface area (Å²) in [5, 5.41) is 13.7. The van der Waals surface area contributed by atoms with Crippen LogP contribution in [0.5, 0.6) is 5.75 Å². The highest BCUT2D eigenvalue weighted by molar-refractivity contribution is 5.86. The van der Waals surface area contributed by atoms with E-state index in [1.54, 1.807) is 6.07 Å². The Bertz CT molecular complexity index is 795. The van der Waals surface area contributed by atoms with E-state index >= 15 is 0 Å². The number of fused-ring (bicyclic) bond motifs is 2. The van der Waals surface area contributed by atoms with Crippen LogP contribution in [0.3, 0.4) is 0 Å². The lowest BCUT2D eigenvalue weighted by atomic mass is 9.62. The zero-order chi connectivity index (χ0) is 15.8. The molecule has 118 valence electrons. The highest BCUT2D eigenvalue weighted by Crippen LogP contribution is 2.61. The molecule has 0 radical (unpaired) electrons. The van der Waals surface area contributed by atoms with E-state index in [0.717, 1.165) is 49.2 Å². The number of anilines is 1. The summed E-state index contributed by atoms with van der Waals surface area (Å²) >= 11 is 0. The van der Waals surface area contributed by atoms with E-state index in [1.165, 1.54) is 11.1 Å². The van der Waals surface area contributed by atoms with Gasteiger partial charge < -0.3 is 10.4 Å². The Morgan fingerprint density at radius 1 is 1.43 bits per heavy atom. The van der Waals surface area contributed by atoms with Crippen LogP contribution in [0.25, 0.3) is 0 Å². The molecule has 2 bridgehead atoms. The number of hydrogen-bond donors (Lipinski definition) is 2. The molecular weight excluding hydrogens is 288 g/mol. The van der Waals surface area contributed by atoms with E-state index in [0.29, 0.717) is 6.04 Å². The number of aldehydes is 1. The van der Waals surface area contributed by atoms with Crippen molar-refractivity contribution in [3.8, 4) is 5.75 Å². The summed E-state index contributed by atoms with van der Waals surface area (Å²) in [5.74, 6) is 0.507. The van der Waals surface area contributed by atoms with Gasteiger partial charge in [-0.1, -0.05) is 23.8 Å². The monoisotopic (exact) mass is 308 g/mol. The van der Waals surface area contributed by atoms with Crippen LogP contribution in [0.4, 0.5) is 5.69 Å². The number of aromatic hydroxyl groups is 1. The predicted octanol–water partition coefficient (Wildman–Crippen LogP) is 2.56. The zero-order valence-electron chi connectivity index (χ0n) is 13.2. The summed E-state index contributed by atoms with van der Waals surface area (Å²) in [6, 6.07) is 6.18. The first-order valence-corrected chi connectivity index (χ1v) is 8.39. The fraction of sp³-hybridized carbons (Fsp3) is 0.421. The molecule has 1 spiro atoms. The van der Waals surface area contributed by atoms with Crippen molar-refractivity contribution in [3.05, 3.63) is 46.7 Å². The molecular formula is C19H20N2O2. The van der Waals surface area contributed by atoms with Crippen LogP contribution in [-0.2, 0) is 10.2 Å². The van der Waals surface area contributed by atoms with Gasteiger partial charge in [0.2, 0.25) is 0 Å². The largest absolute Gasteiger partial charge is 0.506 e. The van der Waals surface area contributed by atoms with Gasteiger partial charge in [-0.25, -0.2) is 0 Å². The average Bonchev–Trinajstić information content (AvgIpc) is 3.12. The number of carbonyl (C=O) groups is 1. The molecule has 0 saturated carbocycles. The van der Waals surface area contributed by atoms with Crippen molar-refractivity contribution in [2.75, 3.05) is 18.4 Å². The Kier molecular flexibility index (Phi) is 2.48. The van der Waals surface area contributed by atoms with Crippen molar-refractivity contribution in [3.63, 3.8) is 0 Å². The summed E-state index contributed by atoms with van der Waals surface area (Å²) in [5.41, 5.74) is 5.13. The van der Waals surface area contributed by atoms with Crippen LogP contribution in [0, 0.1) is 5.92 Å². The summed E-state index contributed by atoms with van der Waals surface area (Å²) in [7, 11) is 0. The summed E-state index contributed by atoms with van der Waals surface area (Å²) in [6.45, 7) is 4.08. The van der Waals surface area contributed by atoms with Crippen molar-refractivity contribution in [1.29, 1.82) is 0 Å². The summed E-state index contributed by atoms with van der Waals surface area (Å²) in [6.07, 6.45) is 5.24. The molecule has 1 aromatic rings. The third-order valence-electron chi connectivity index (χ3n) is 6.48. The molecule has 23 heavy (non-hydrogen) atoms. The first kappa shape index (κ1) is 13.4. The van der Waals surface area contributed by atoms with Crippen molar-refractivity contribution < 1.29 is 9.90 Å². The van der Waals surface area contributed by atoms with Crippen molar-refractivity contribution in [1.82, 2.24) is 4.90 Å². The van der Waals surface area contributed by atoms with Gasteiger partial charge in [0.1, 0.15) is 12.0 Å². The van der Waals surface area contributed by atoms with Crippen LogP contribution >= 0.6 is 0 Å². The lowest BCUT2D eigenvalue weighted by molar-refractivity contribution is -0.105. The second-order valence-electron chi connectivity index (χ2n) is 7.13. The second kappa shape index (κ2) is 4.26. The average molecular weight is 308 g/mol. The Labute approximate surface area is 135 Å². The minimum atomic E-state index is -0.139. The van der Waals surface area contributed by atoms with Crippen molar-refractivity contribution in [2.24, 2.45) is 5.92 Å². The van der Waals surface area contributed by atoms with E-state index in [4.69, 9.17) is 0 Å². The molecule has 2 N–H and O–H groups in total. The number of rotatable bonds is 1. The molecule has 1 aliphatic carbocycles. The number of phenolic OH excluding ortho intramolecular Hbond substituents is 1. The topological polar surface area (TPSA) is 52.6 Å². The minimum Gasteiger partial charge on any atom is -0.506 e. The Balaban J connectivity index is 1.84. The highest BCUT2D eigenvalue weighted by atomic mass is 16.3. The fourth-order valence-electron chi connectivity index (χ4n) is 5.50. The Morgan fingerprint density at radius 2 is 2.30 bits per heavy atom. The van der Waals surface area contributed by atoms with Gasteiger partial charge in [-0.2, -0.15) is 0 Å². The quantitative estimate of drug-likeness (QED) is 0.476. The van der Waals surface area contributed by atoms with Crippen LogP contribution < -0.4 is 5.32 Å². The minimum absolute atomic E-state index is 0.139. The molecule has 4 heteroatoms. The number of piperidine rings is 1. The number of nitrogens with one attached hydrogen (secondary N) is 1. The van der Waals surface area contributed by atoms with Crippen LogP contribution in [-0.4, -0.2) is 35.4 Å². The zero-order valence-corrected chi connectivity index (χ0v) is 13.2. The molecule has 3 heterocycles. The van der Waals surface area contributed by atoms with E-state index in [9.17, 15) is 9.90 Å². The number of para-hydroxylation sites is 1. The summed E-state index contributed by atoms with van der Waals surface area (Å²) < 4.78 is 0. The van der Waals surface area contributed by atoms with E-state index in [1.807, 2.05) is 6.07 Å². The lowest BCUT2D eigenvalue weighted by Gasteiger charge is -2.48. The number of benzene rings is 1. The Hall–Kier alpha value is -2.07. The fourth-order valence-corrected chi connectivity index (χ4v) is 5.50. The van der Waals surface area contributed by atoms with Gasteiger partial charge in [0.25, 0.3) is 0 Å². The molecule has 3 aliphatic heterocycles. The normalized spacial score (nSPS) is 36.0. The Morgan fingerprint density at radius 3 is 3.09 bits per heavy atom. The molecule has 0 unspecified atom stereocenters. The van der Waals surface area contributed by atoms with E-state index in [-0.39, 0.29) is 17.1 Å². The van der Waals surface area contributed by atoms with Gasteiger partial charge >= 0.3 is 0 Å². The van der Waals surface area contributed by atoms with E-state index < -0.39 is 0 Å². The molecule has 4 nitrogen and oxygen atoms in total. The first-order chi connectivity index (χ1) is 11.2. The molecule has 4 aliphatic rings.